The summed E-state index contributed by atoms with van der Waals surface area (Å²) in [6, 6.07) is 1.82. The summed E-state index contributed by atoms with van der Waals surface area (Å²) in [6.45, 7) is 4.10. The molecule has 0 bridgehead atoms. The zero-order valence-corrected chi connectivity index (χ0v) is 7.03. The molecule has 0 aliphatic carbocycles. The molecule has 0 atom stereocenters. The van der Waals surface area contributed by atoms with Gasteiger partial charge in [-0.05, 0) is 12.0 Å². The Kier molecular flexibility index (Phi) is 2.08. The first-order valence-corrected chi connectivity index (χ1v) is 3.64. The molecule has 0 spiro atoms. The van der Waals surface area contributed by atoms with Crippen LogP contribution in [-0.2, 0) is 7.05 Å². The molecule has 1 rings (SSSR count). The molecular weight excluding hydrogens is 140 g/mol. The van der Waals surface area contributed by atoms with Crippen molar-refractivity contribution in [3.05, 3.63) is 17.5 Å². The van der Waals surface area contributed by atoms with Crippen LogP contribution in [0.3, 0.4) is 0 Å². The van der Waals surface area contributed by atoms with Crippen LogP contribution in [0.2, 0.25) is 0 Å². The fourth-order valence-corrected chi connectivity index (χ4v) is 0.897. The van der Waals surface area contributed by atoms with Gasteiger partial charge in [-0.15, -0.1) is 0 Å². The molecular formula is C8H12N2O. The minimum atomic E-state index is 0.384. The fourth-order valence-electron chi connectivity index (χ4n) is 0.897. The Morgan fingerprint density at radius 2 is 2.27 bits per heavy atom. The van der Waals surface area contributed by atoms with Crippen LogP contribution in [-0.4, -0.2) is 16.1 Å². The van der Waals surface area contributed by atoms with E-state index < -0.39 is 0 Å². The minimum Gasteiger partial charge on any atom is -0.296 e. The highest BCUT2D eigenvalue weighted by Crippen LogP contribution is 2.12. The number of hydrogen-bond donors (Lipinski definition) is 0. The molecule has 3 nitrogen and oxygen atoms in total. The van der Waals surface area contributed by atoms with E-state index in [-0.39, 0.29) is 0 Å². The van der Waals surface area contributed by atoms with E-state index >= 15 is 0 Å². The van der Waals surface area contributed by atoms with E-state index in [1.54, 1.807) is 11.7 Å². The zero-order valence-electron chi connectivity index (χ0n) is 7.03. The van der Waals surface area contributed by atoms with E-state index in [4.69, 9.17) is 0 Å². The highest BCUT2D eigenvalue weighted by Gasteiger charge is 2.06. The lowest BCUT2D eigenvalue weighted by atomic mass is 10.1. The normalized spacial score (nSPS) is 10.5. The molecule has 0 aliphatic rings. The summed E-state index contributed by atoms with van der Waals surface area (Å²) in [7, 11) is 1.77. The molecule has 0 saturated carbocycles. The maximum absolute atomic E-state index is 10.4. The van der Waals surface area contributed by atoms with Crippen molar-refractivity contribution in [1.29, 1.82) is 0 Å². The third-order valence-corrected chi connectivity index (χ3v) is 1.65. The SMILES string of the molecule is CC(C)c1cc(C=O)n(C)n1. The topological polar surface area (TPSA) is 34.9 Å². The fraction of sp³-hybridized carbons (Fsp3) is 0.500. The van der Waals surface area contributed by atoms with Crippen LogP contribution in [0.5, 0.6) is 0 Å². The highest BCUT2D eigenvalue weighted by molar-refractivity contribution is 5.72. The lowest BCUT2D eigenvalue weighted by Crippen LogP contribution is -1.96. The highest BCUT2D eigenvalue weighted by atomic mass is 16.1. The van der Waals surface area contributed by atoms with Crippen LogP contribution in [0.1, 0.15) is 35.9 Å². The molecule has 0 amide bonds. The summed E-state index contributed by atoms with van der Waals surface area (Å²) in [5.41, 5.74) is 1.60. The second-order valence-corrected chi connectivity index (χ2v) is 2.89. The van der Waals surface area contributed by atoms with Crippen LogP contribution in [0, 0.1) is 0 Å². The van der Waals surface area contributed by atoms with Gasteiger partial charge >= 0.3 is 0 Å². The Hall–Kier alpha value is -1.12. The van der Waals surface area contributed by atoms with Crippen molar-refractivity contribution in [2.45, 2.75) is 19.8 Å². The molecule has 0 unspecified atom stereocenters. The lowest BCUT2D eigenvalue weighted by molar-refractivity contribution is 0.111. The number of aromatic nitrogens is 2. The van der Waals surface area contributed by atoms with Crippen molar-refractivity contribution in [3.63, 3.8) is 0 Å². The van der Waals surface area contributed by atoms with Gasteiger partial charge in [0.25, 0.3) is 0 Å². The average Bonchev–Trinajstić information content (AvgIpc) is 2.31. The number of aryl methyl sites for hydroxylation is 1. The van der Waals surface area contributed by atoms with Gasteiger partial charge in [-0.1, -0.05) is 13.8 Å². The zero-order chi connectivity index (χ0) is 8.43. The van der Waals surface area contributed by atoms with Crippen molar-refractivity contribution in [3.8, 4) is 0 Å². The summed E-state index contributed by atoms with van der Waals surface area (Å²) < 4.78 is 1.60. The summed E-state index contributed by atoms with van der Waals surface area (Å²) in [4.78, 5) is 10.4. The first kappa shape index (κ1) is 7.98. The van der Waals surface area contributed by atoms with Gasteiger partial charge in [0, 0.05) is 7.05 Å². The summed E-state index contributed by atoms with van der Waals surface area (Å²) >= 11 is 0. The summed E-state index contributed by atoms with van der Waals surface area (Å²) in [6.07, 6.45) is 0.818. The Morgan fingerprint density at radius 1 is 1.64 bits per heavy atom. The molecule has 60 valence electrons. The maximum atomic E-state index is 10.4. The number of nitrogens with zero attached hydrogens (tertiary/aromatic N) is 2. The van der Waals surface area contributed by atoms with Crippen molar-refractivity contribution < 1.29 is 4.79 Å². The molecule has 0 aromatic carbocycles. The third kappa shape index (κ3) is 1.48. The molecule has 0 radical (unpaired) electrons. The van der Waals surface area contributed by atoms with Crippen molar-refractivity contribution in [2.75, 3.05) is 0 Å². The third-order valence-electron chi connectivity index (χ3n) is 1.65. The van der Waals surface area contributed by atoms with Gasteiger partial charge in [0.1, 0.15) is 5.69 Å². The van der Waals surface area contributed by atoms with Gasteiger partial charge < -0.3 is 0 Å². The molecule has 1 aromatic rings. The quantitative estimate of drug-likeness (QED) is 0.600. The van der Waals surface area contributed by atoms with Crippen molar-refractivity contribution in [1.82, 2.24) is 9.78 Å². The van der Waals surface area contributed by atoms with E-state index in [0.717, 1.165) is 12.0 Å². The molecule has 3 heteroatoms. The Labute approximate surface area is 66.0 Å². The molecule has 1 aromatic heterocycles. The van der Waals surface area contributed by atoms with Crippen LogP contribution >= 0.6 is 0 Å². The largest absolute Gasteiger partial charge is 0.296 e. The van der Waals surface area contributed by atoms with E-state index in [1.165, 1.54) is 0 Å². The second kappa shape index (κ2) is 2.86. The van der Waals surface area contributed by atoms with Crippen LogP contribution in [0.25, 0.3) is 0 Å². The molecule has 0 fully saturated rings. The predicted molar refractivity (Wildman–Crippen MR) is 42.7 cm³/mol. The molecule has 1 heterocycles. The standard InChI is InChI=1S/C8H12N2O/c1-6(2)8-4-7(5-11)10(3)9-8/h4-6H,1-3H3. The van der Waals surface area contributed by atoms with Gasteiger partial charge in [0.15, 0.2) is 6.29 Å². The Bertz CT molecular complexity index is 263. The number of rotatable bonds is 2. The van der Waals surface area contributed by atoms with E-state index in [9.17, 15) is 4.79 Å². The van der Waals surface area contributed by atoms with E-state index in [1.807, 2.05) is 6.07 Å². The monoisotopic (exact) mass is 152 g/mol. The Balaban J connectivity index is 3.04. The van der Waals surface area contributed by atoms with Gasteiger partial charge in [0.05, 0.1) is 5.69 Å². The first-order chi connectivity index (χ1) is 5.15. The van der Waals surface area contributed by atoms with Crippen molar-refractivity contribution in [2.24, 2.45) is 7.05 Å². The van der Waals surface area contributed by atoms with Gasteiger partial charge in [-0.3, -0.25) is 9.48 Å². The number of aldehydes is 1. The smallest absolute Gasteiger partial charge is 0.168 e. The van der Waals surface area contributed by atoms with Gasteiger partial charge in [-0.2, -0.15) is 5.10 Å². The predicted octanol–water partition coefficient (Wildman–Crippen LogP) is 1.36. The van der Waals surface area contributed by atoms with Crippen LogP contribution in [0.15, 0.2) is 6.07 Å². The molecule has 0 N–H and O–H groups in total. The maximum Gasteiger partial charge on any atom is 0.168 e. The average molecular weight is 152 g/mol. The summed E-state index contributed by atoms with van der Waals surface area (Å²) in [5, 5.41) is 4.17. The Morgan fingerprint density at radius 3 is 2.55 bits per heavy atom. The summed E-state index contributed by atoms with van der Waals surface area (Å²) in [5.74, 6) is 0.384. The minimum absolute atomic E-state index is 0.384. The molecule has 11 heavy (non-hydrogen) atoms. The molecule has 0 aliphatic heterocycles. The number of hydrogen-bond acceptors (Lipinski definition) is 2. The van der Waals surface area contributed by atoms with Crippen molar-refractivity contribution >= 4 is 6.29 Å². The van der Waals surface area contributed by atoms with Gasteiger partial charge in [0.2, 0.25) is 0 Å². The lowest BCUT2D eigenvalue weighted by Gasteiger charge is -1.95. The van der Waals surface area contributed by atoms with Gasteiger partial charge in [-0.25, -0.2) is 0 Å². The van der Waals surface area contributed by atoms with Crippen LogP contribution < -0.4 is 0 Å². The van der Waals surface area contributed by atoms with E-state index in [0.29, 0.717) is 11.6 Å². The number of carbonyl (C=O) groups is 1. The van der Waals surface area contributed by atoms with Crippen LogP contribution in [0.4, 0.5) is 0 Å². The number of carbonyl (C=O) groups excluding carboxylic acids is 1. The second-order valence-electron chi connectivity index (χ2n) is 2.89. The molecule has 0 saturated heterocycles. The van der Waals surface area contributed by atoms with E-state index in [2.05, 4.69) is 18.9 Å². The first-order valence-electron chi connectivity index (χ1n) is 3.64.